The van der Waals surface area contributed by atoms with Crippen LogP contribution in [0.2, 0.25) is 0 Å². The number of anilines is 1. The van der Waals surface area contributed by atoms with Gasteiger partial charge in [0.2, 0.25) is 5.91 Å². The highest BCUT2D eigenvalue weighted by molar-refractivity contribution is 6.00. The molecule has 0 radical (unpaired) electrons. The summed E-state index contributed by atoms with van der Waals surface area (Å²) < 4.78 is 5.11. The topological polar surface area (TPSA) is 78.9 Å². The Hall–Kier alpha value is -2.86. The van der Waals surface area contributed by atoms with E-state index >= 15 is 0 Å². The molecule has 0 saturated carbocycles. The van der Waals surface area contributed by atoms with Crippen molar-refractivity contribution in [1.82, 2.24) is 5.32 Å². The summed E-state index contributed by atoms with van der Waals surface area (Å²) in [5.74, 6) is -0.408. The highest BCUT2D eigenvalue weighted by Crippen LogP contribution is 2.26. The average molecular weight is 354 g/mol. The number of carbonyl (C=O) groups excluding carboxylic acids is 1. The first-order valence-corrected chi connectivity index (χ1v) is 8.59. The van der Waals surface area contributed by atoms with Crippen LogP contribution in [0.5, 0.6) is 5.75 Å². The zero-order valence-electron chi connectivity index (χ0n) is 14.6. The van der Waals surface area contributed by atoms with Gasteiger partial charge in [0.25, 0.3) is 0 Å². The Morgan fingerprint density at radius 2 is 1.88 bits per heavy atom. The van der Waals surface area contributed by atoms with Gasteiger partial charge in [-0.3, -0.25) is 4.79 Å². The van der Waals surface area contributed by atoms with Crippen LogP contribution in [0.25, 0.3) is 0 Å². The van der Waals surface area contributed by atoms with E-state index < -0.39 is 5.97 Å². The number of hydrogen-bond acceptors (Lipinski definition) is 4. The fourth-order valence-corrected chi connectivity index (χ4v) is 3.16. The van der Waals surface area contributed by atoms with Gasteiger partial charge in [-0.05, 0) is 43.2 Å². The van der Waals surface area contributed by atoms with Crippen LogP contribution in [0.3, 0.4) is 0 Å². The lowest BCUT2D eigenvalue weighted by atomic mass is 10.1. The second-order valence-corrected chi connectivity index (χ2v) is 6.39. The van der Waals surface area contributed by atoms with Gasteiger partial charge in [-0.15, -0.1) is 0 Å². The van der Waals surface area contributed by atoms with Gasteiger partial charge in [0.1, 0.15) is 5.75 Å². The number of nitrogens with zero attached hydrogens (tertiary/aromatic N) is 1. The molecule has 6 nitrogen and oxygen atoms in total. The van der Waals surface area contributed by atoms with Gasteiger partial charge in [0, 0.05) is 18.3 Å². The van der Waals surface area contributed by atoms with E-state index in [9.17, 15) is 9.59 Å². The molecule has 1 heterocycles. The van der Waals surface area contributed by atoms with E-state index in [4.69, 9.17) is 9.84 Å². The van der Waals surface area contributed by atoms with Crippen molar-refractivity contribution in [3.8, 4) is 5.75 Å². The summed E-state index contributed by atoms with van der Waals surface area (Å²) in [7, 11) is 0. The third kappa shape index (κ3) is 4.21. The molecule has 6 heteroatoms. The standard InChI is InChI=1S/C20H22N2O4/c1-14-11-18(20(25)22(14)16-5-3-2-4-6-16)21-12-15-7-9-17(10-8-15)26-13-19(23)24/h2-10,14,18,21H,11-13H2,1H3,(H,23,24). The van der Waals surface area contributed by atoms with Gasteiger partial charge in [0.05, 0.1) is 6.04 Å². The minimum absolute atomic E-state index is 0.0881. The monoisotopic (exact) mass is 354 g/mol. The summed E-state index contributed by atoms with van der Waals surface area (Å²) in [6.45, 7) is 2.26. The fourth-order valence-electron chi connectivity index (χ4n) is 3.16. The maximum atomic E-state index is 12.7. The Balaban J connectivity index is 1.56. The quantitative estimate of drug-likeness (QED) is 0.798. The summed E-state index contributed by atoms with van der Waals surface area (Å²) in [6.07, 6.45) is 0.757. The number of carboxylic acids is 1. The molecule has 1 aliphatic heterocycles. The largest absolute Gasteiger partial charge is 0.482 e. The first kappa shape index (κ1) is 17.9. The van der Waals surface area contributed by atoms with E-state index in [2.05, 4.69) is 12.2 Å². The second kappa shape index (κ2) is 8.01. The molecule has 0 bridgehead atoms. The van der Waals surface area contributed by atoms with Gasteiger partial charge in [-0.25, -0.2) is 4.79 Å². The van der Waals surface area contributed by atoms with E-state index in [1.807, 2.05) is 47.4 Å². The minimum Gasteiger partial charge on any atom is -0.482 e. The van der Waals surface area contributed by atoms with Gasteiger partial charge >= 0.3 is 5.97 Å². The van der Waals surface area contributed by atoms with Crippen LogP contribution in [0.15, 0.2) is 54.6 Å². The maximum Gasteiger partial charge on any atom is 0.341 e. The summed E-state index contributed by atoms with van der Waals surface area (Å²) in [6, 6.07) is 16.8. The Kier molecular flexibility index (Phi) is 5.53. The SMILES string of the molecule is CC1CC(NCc2ccc(OCC(=O)O)cc2)C(=O)N1c1ccccc1. The number of nitrogens with one attached hydrogen (secondary N) is 1. The van der Waals surface area contributed by atoms with Crippen molar-refractivity contribution in [2.45, 2.75) is 32.0 Å². The second-order valence-electron chi connectivity index (χ2n) is 6.39. The molecule has 2 aromatic carbocycles. The number of carbonyl (C=O) groups is 2. The first-order valence-electron chi connectivity index (χ1n) is 8.59. The predicted octanol–water partition coefficient (Wildman–Crippen LogP) is 2.43. The van der Waals surface area contributed by atoms with Crippen molar-refractivity contribution >= 4 is 17.6 Å². The molecule has 2 N–H and O–H groups in total. The van der Waals surface area contributed by atoms with Crippen LogP contribution in [-0.2, 0) is 16.1 Å². The summed E-state index contributed by atoms with van der Waals surface area (Å²) >= 11 is 0. The zero-order chi connectivity index (χ0) is 18.5. The molecule has 136 valence electrons. The Morgan fingerprint density at radius 1 is 1.19 bits per heavy atom. The molecule has 2 unspecified atom stereocenters. The number of amides is 1. The fraction of sp³-hybridized carbons (Fsp3) is 0.300. The molecule has 2 aromatic rings. The lowest BCUT2D eigenvalue weighted by molar-refractivity contribution is -0.139. The molecule has 3 rings (SSSR count). The molecule has 0 spiro atoms. The Labute approximate surface area is 152 Å². The van der Waals surface area contributed by atoms with E-state index in [-0.39, 0.29) is 24.6 Å². The zero-order valence-corrected chi connectivity index (χ0v) is 14.6. The van der Waals surface area contributed by atoms with Crippen molar-refractivity contribution in [2.75, 3.05) is 11.5 Å². The summed E-state index contributed by atoms with van der Waals surface area (Å²) in [5.41, 5.74) is 1.93. The molecular formula is C20H22N2O4. The number of benzene rings is 2. The van der Waals surface area contributed by atoms with Crippen molar-refractivity contribution in [1.29, 1.82) is 0 Å². The number of aliphatic carboxylic acids is 1. The summed E-state index contributed by atoms with van der Waals surface area (Å²) in [4.78, 5) is 25.1. The molecule has 0 aliphatic carbocycles. The molecule has 0 aromatic heterocycles. The molecule has 1 amide bonds. The average Bonchev–Trinajstić information content (AvgIpc) is 2.93. The van der Waals surface area contributed by atoms with Crippen molar-refractivity contribution in [3.05, 3.63) is 60.2 Å². The van der Waals surface area contributed by atoms with Crippen LogP contribution in [0, 0.1) is 0 Å². The third-order valence-corrected chi connectivity index (χ3v) is 4.43. The van der Waals surface area contributed by atoms with Crippen LogP contribution < -0.4 is 15.0 Å². The molecule has 2 atom stereocenters. The first-order chi connectivity index (χ1) is 12.5. The molecule has 26 heavy (non-hydrogen) atoms. The number of rotatable bonds is 7. The van der Waals surface area contributed by atoms with Crippen molar-refractivity contribution in [2.24, 2.45) is 0 Å². The normalized spacial score (nSPS) is 19.6. The van der Waals surface area contributed by atoms with Crippen LogP contribution >= 0.6 is 0 Å². The number of para-hydroxylation sites is 1. The maximum absolute atomic E-state index is 12.7. The van der Waals surface area contributed by atoms with Gasteiger partial charge < -0.3 is 20.1 Å². The highest BCUT2D eigenvalue weighted by Gasteiger charge is 2.37. The minimum atomic E-state index is -1.01. The van der Waals surface area contributed by atoms with Gasteiger partial charge in [0.15, 0.2) is 6.61 Å². The van der Waals surface area contributed by atoms with E-state index in [1.165, 1.54) is 0 Å². The van der Waals surface area contributed by atoms with E-state index in [1.54, 1.807) is 12.1 Å². The third-order valence-electron chi connectivity index (χ3n) is 4.43. The molecule has 1 saturated heterocycles. The van der Waals surface area contributed by atoms with Crippen LogP contribution in [0.1, 0.15) is 18.9 Å². The van der Waals surface area contributed by atoms with Crippen molar-refractivity contribution < 1.29 is 19.4 Å². The number of carboxylic acid groups (broad SMARTS) is 1. The Morgan fingerprint density at radius 3 is 2.54 bits per heavy atom. The lowest BCUT2D eigenvalue weighted by Gasteiger charge is -2.21. The van der Waals surface area contributed by atoms with E-state index in [0.717, 1.165) is 17.7 Å². The van der Waals surface area contributed by atoms with Crippen LogP contribution in [-0.4, -0.2) is 35.7 Å². The van der Waals surface area contributed by atoms with E-state index in [0.29, 0.717) is 12.3 Å². The number of hydrogen-bond donors (Lipinski definition) is 2. The Bertz CT molecular complexity index is 761. The number of ether oxygens (including phenoxy) is 1. The van der Waals surface area contributed by atoms with Gasteiger partial charge in [-0.1, -0.05) is 30.3 Å². The lowest BCUT2D eigenvalue weighted by Crippen LogP contribution is -2.38. The van der Waals surface area contributed by atoms with Gasteiger partial charge in [-0.2, -0.15) is 0 Å². The van der Waals surface area contributed by atoms with Crippen molar-refractivity contribution in [3.63, 3.8) is 0 Å². The summed E-state index contributed by atoms with van der Waals surface area (Å²) in [5, 5.41) is 11.9. The highest BCUT2D eigenvalue weighted by atomic mass is 16.5. The molecule has 1 fully saturated rings. The molecule has 1 aliphatic rings. The molecular weight excluding hydrogens is 332 g/mol. The smallest absolute Gasteiger partial charge is 0.341 e. The van der Waals surface area contributed by atoms with Crippen LogP contribution in [0.4, 0.5) is 5.69 Å². The predicted molar refractivity (Wildman–Crippen MR) is 98.2 cm³/mol.